The van der Waals surface area contributed by atoms with Gasteiger partial charge in [0.1, 0.15) is 5.75 Å². The Morgan fingerprint density at radius 3 is 2.18 bits per heavy atom. The summed E-state index contributed by atoms with van der Waals surface area (Å²) in [5, 5.41) is 19.2. The third-order valence-corrected chi connectivity index (χ3v) is 4.80. The molecule has 22 heavy (non-hydrogen) atoms. The van der Waals surface area contributed by atoms with Gasteiger partial charge in [-0.05, 0) is 60.6 Å². The molecule has 1 saturated carbocycles. The zero-order valence-electron chi connectivity index (χ0n) is 15.1. The van der Waals surface area contributed by atoms with Crippen LogP contribution in [-0.4, -0.2) is 16.3 Å². The predicted octanol–water partition coefficient (Wildman–Crippen LogP) is 5.26. The Hall–Kier alpha value is -1.02. The van der Waals surface area contributed by atoms with Crippen molar-refractivity contribution in [2.45, 2.75) is 72.8 Å². The van der Waals surface area contributed by atoms with Crippen LogP contribution < -0.4 is 0 Å². The van der Waals surface area contributed by atoms with Crippen LogP contribution in [0.25, 0.3) is 0 Å². The van der Waals surface area contributed by atoms with Crippen LogP contribution in [0.5, 0.6) is 5.75 Å². The summed E-state index contributed by atoms with van der Waals surface area (Å²) in [6.07, 6.45) is 3.52. The first-order valence-corrected chi connectivity index (χ1v) is 8.69. The molecule has 3 atom stereocenters. The Kier molecular flexibility index (Phi) is 7.41. The van der Waals surface area contributed by atoms with E-state index in [1.807, 2.05) is 19.1 Å². The summed E-state index contributed by atoms with van der Waals surface area (Å²) >= 11 is 0. The molecule has 0 saturated heterocycles. The van der Waals surface area contributed by atoms with Gasteiger partial charge in [-0.1, -0.05) is 53.2 Å². The zero-order chi connectivity index (χ0) is 16.9. The highest BCUT2D eigenvalue weighted by atomic mass is 16.3. The summed E-state index contributed by atoms with van der Waals surface area (Å²) in [5.41, 5.74) is 2.13. The van der Waals surface area contributed by atoms with Crippen molar-refractivity contribution in [3.63, 3.8) is 0 Å². The quantitative estimate of drug-likeness (QED) is 0.782. The third-order valence-electron chi connectivity index (χ3n) is 4.80. The van der Waals surface area contributed by atoms with Gasteiger partial charge in [-0.2, -0.15) is 0 Å². The molecular formula is C20H34O2. The number of rotatable bonds is 2. The normalized spacial score (nSPS) is 25.0. The number of aliphatic hydroxyl groups excluding tert-OH is 1. The molecule has 2 N–H and O–H groups in total. The van der Waals surface area contributed by atoms with E-state index in [9.17, 15) is 10.2 Å². The second-order valence-corrected chi connectivity index (χ2v) is 7.61. The Morgan fingerprint density at radius 1 is 1.09 bits per heavy atom. The van der Waals surface area contributed by atoms with E-state index in [1.54, 1.807) is 6.07 Å². The Balaban J connectivity index is 0.000000220. The van der Waals surface area contributed by atoms with Gasteiger partial charge in [-0.3, -0.25) is 0 Å². The van der Waals surface area contributed by atoms with Gasteiger partial charge in [0.25, 0.3) is 0 Å². The number of hydrogen-bond donors (Lipinski definition) is 2. The molecule has 0 spiro atoms. The first-order chi connectivity index (χ1) is 10.2. The maximum absolute atomic E-state index is 9.71. The highest BCUT2D eigenvalue weighted by Gasteiger charge is 2.28. The zero-order valence-corrected chi connectivity index (χ0v) is 15.1. The van der Waals surface area contributed by atoms with Gasteiger partial charge in [0.2, 0.25) is 0 Å². The van der Waals surface area contributed by atoms with E-state index in [-0.39, 0.29) is 6.10 Å². The molecule has 2 nitrogen and oxygen atoms in total. The monoisotopic (exact) mass is 306 g/mol. The van der Waals surface area contributed by atoms with Gasteiger partial charge in [0, 0.05) is 0 Å². The number of phenolic OH excluding ortho intramolecular Hbond substituents is 1. The van der Waals surface area contributed by atoms with Crippen molar-refractivity contribution in [2.24, 2.45) is 17.8 Å². The standard InChI is InChI=1S/C10H20O.C10H14O/c2*1-7(2)9-5-4-8(3)6-10(9)11/h7-11H,4-6H2,1-3H3;4-7,11H,1-3H3. The lowest BCUT2D eigenvalue weighted by atomic mass is 9.75. The van der Waals surface area contributed by atoms with Crippen molar-refractivity contribution in [3.05, 3.63) is 29.3 Å². The van der Waals surface area contributed by atoms with Gasteiger partial charge in [-0.15, -0.1) is 0 Å². The van der Waals surface area contributed by atoms with Gasteiger partial charge < -0.3 is 10.2 Å². The fourth-order valence-electron chi connectivity index (χ4n) is 3.29. The van der Waals surface area contributed by atoms with Crippen molar-refractivity contribution in [2.75, 3.05) is 0 Å². The Morgan fingerprint density at radius 2 is 1.73 bits per heavy atom. The molecule has 1 aromatic rings. The molecule has 1 aromatic carbocycles. The van der Waals surface area contributed by atoms with Crippen LogP contribution in [0, 0.1) is 24.7 Å². The Bertz CT molecular complexity index is 451. The number of aromatic hydroxyl groups is 1. The SMILES string of the molecule is CC1CCC(C(C)C)C(O)C1.Cc1ccc(C(C)C)c(O)c1. The maximum atomic E-state index is 9.71. The molecule has 0 amide bonds. The molecule has 0 aromatic heterocycles. The fourth-order valence-corrected chi connectivity index (χ4v) is 3.29. The molecule has 0 aliphatic heterocycles. The summed E-state index contributed by atoms with van der Waals surface area (Å²) in [6.45, 7) is 12.8. The number of hydrogen-bond acceptors (Lipinski definition) is 2. The summed E-state index contributed by atoms with van der Waals surface area (Å²) in [7, 11) is 0. The second kappa shape index (κ2) is 8.57. The van der Waals surface area contributed by atoms with Crippen LogP contribution in [0.2, 0.25) is 0 Å². The lowest BCUT2D eigenvalue weighted by Crippen LogP contribution is -2.31. The summed E-state index contributed by atoms with van der Waals surface area (Å²) < 4.78 is 0. The lowest BCUT2D eigenvalue weighted by molar-refractivity contribution is 0.0266. The van der Waals surface area contributed by atoms with Crippen LogP contribution in [0.1, 0.15) is 70.9 Å². The maximum Gasteiger partial charge on any atom is 0.119 e. The molecule has 2 heteroatoms. The van der Waals surface area contributed by atoms with Crippen molar-refractivity contribution in [1.82, 2.24) is 0 Å². The predicted molar refractivity (Wildman–Crippen MR) is 94.3 cm³/mol. The van der Waals surface area contributed by atoms with Crippen molar-refractivity contribution >= 4 is 0 Å². The molecule has 3 unspecified atom stereocenters. The lowest BCUT2D eigenvalue weighted by Gasteiger charge is -2.33. The van der Waals surface area contributed by atoms with E-state index in [0.717, 1.165) is 23.5 Å². The minimum absolute atomic E-state index is 0.0289. The van der Waals surface area contributed by atoms with E-state index >= 15 is 0 Å². The summed E-state index contributed by atoms with van der Waals surface area (Å²) in [4.78, 5) is 0. The second-order valence-electron chi connectivity index (χ2n) is 7.61. The first kappa shape index (κ1) is 19.0. The molecule has 0 heterocycles. The smallest absolute Gasteiger partial charge is 0.119 e. The van der Waals surface area contributed by atoms with Gasteiger partial charge in [-0.25, -0.2) is 0 Å². The van der Waals surface area contributed by atoms with E-state index < -0.39 is 0 Å². The van der Waals surface area contributed by atoms with Gasteiger partial charge >= 0.3 is 0 Å². The van der Waals surface area contributed by atoms with Gasteiger partial charge in [0.05, 0.1) is 6.10 Å². The van der Waals surface area contributed by atoms with Crippen LogP contribution in [0.3, 0.4) is 0 Å². The van der Waals surface area contributed by atoms with E-state index in [4.69, 9.17) is 0 Å². The summed E-state index contributed by atoms with van der Waals surface area (Å²) in [5.74, 6) is 2.76. The highest BCUT2D eigenvalue weighted by Crippen LogP contribution is 2.33. The molecule has 126 valence electrons. The Labute approximate surface area is 136 Å². The van der Waals surface area contributed by atoms with Crippen molar-refractivity contribution in [1.29, 1.82) is 0 Å². The van der Waals surface area contributed by atoms with Crippen molar-refractivity contribution in [3.8, 4) is 5.75 Å². The summed E-state index contributed by atoms with van der Waals surface area (Å²) in [6, 6.07) is 5.81. The molecule has 0 bridgehead atoms. The molecule has 0 radical (unpaired) electrons. The molecular weight excluding hydrogens is 272 g/mol. The van der Waals surface area contributed by atoms with E-state index in [0.29, 0.717) is 23.5 Å². The van der Waals surface area contributed by atoms with E-state index in [2.05, 4.69) is 34.6 Å². The van der Waals surface area contributed by atoms with Crippen LogP contribution in [-0.2, 0) is 0 Å². The average Bonchev–Trinajstić information content (AvgIpc) is 2.38. The van der Waals surface area contributed by atoms with Crippen LogP contribution in [0.4, 0.5) is 0 Å². The van der Waals surface area contributed by atoms with Gasteiger partial charge in [0.15, 0.2) is 0 Å². The molecule has 2 rings (SSSR count). The number of benzene rings is 1. The number of aryl methyl sites for hydroxylation is 1. The molecule has 1 aliphatic rings. The fraction of sp³-hybridized carbons (Fsp3) is 0.700. The first-order valence-electron chi connectivity index (χ1n) is 8.69. The van der Waals surface area contributed by atoms with Crippen LogP contribution in [0.15, 0.2) is 18.2 Å². The average molecular weight is 306 g/mol. The highest BCUT2D eigenvalue weighted by molar-refractivity contribution is 5.37. The van der Waals surface area contributed by atoms with Crippen molar-refractivity contribution < 1.29 is 10.2 Å². The third kappa shape index (κ3) is 5.64. The van der Waals surface area contributed by atoms with Crippen LogP contribution >= 0.6 is 0 Å². The minimum atomic E-state index is -0.0289. The number of aliphatic hydroxyl groups is 1. The number of phenols is 1. The molecule has 1 fully saturated rings. The minimum Gasteiger partial charge on any atom is -0.508 e. The topological polar surface area (TPSA) is 40.5 Å². The largest absolute Gasteiger partial charge is 0.508 e. The molecule has 1 aliphatic carbocycles. The van der Waals surface area contributed by atoms with E-state index in [1.165, 1.54) is 12.8 Å².